The number of thioether (sulfide) groups is 1. The number of nitrogen functional groups attached to an aromatic ring is 1. The van der Waals surface area contributed by atoms with Crippen molar-refractivity contribution in [2.45, 2.75) is 11.4 Å². The first kappa shape index (κ1) is 27.1. The fourth-order valence-electron chi connectivity index (χ4n) is 3.57. The summed E-state index contributed by atoms with van der Waals surface area (Å²) >= 11 is 2.17. The van der Waals surface area contributed by atoms with Gasteiger partial charge >= 0.3 is 5.97 Å². The van der Waals surface area contributed by atoms with E-state index >= 15 is 0 Å². The van der Waals surface area contributed by atoms with E-state index in [-0.39, 0.29) is 39.3 Å². The first-order valence-corrected chi connectivity index (χ1v) is 12.2. The van der Waals surface area contributed by atoms with E-state index in [9.17, 15) is 24.3 Å². The number of hydrogen-bond donors (Lipinski definition) is 5. The van der Waals surface area contributed by atoms with Gasteiger partial charge in [-0.15, -0.1) is 11.8 Å². The molecule has 2 aliphatic heterocycles. The number of nitrogens with two attached hydrogens (primary N) is 2. The number of carboxylic acids is 1. The third-order valence-corrected chi connectivity index (χ3v) is 7.03. The Morgan fingerprint density at radius 2 is 2.11 bits per heavy atom. The van der Waals surface area contributed by atoms with Gasteiger partial charge in [0, 0.05) is 17.3 Å². The van der Waals surface area contributed by atoms with Gasteiger partial charge in [-0.2, -0.15) is 9.36 Å². The second-order valence-electron chi connectivity index (χ2n) is 8.36. The summed E-state index contributed by atoms with van der Waals surface area (Å²) in [6.45, 7) is 0.549. The predicted octanol–water partition coefficient (Wildman–Crippen LogP) is -2.17. The molecule has 0 aromatic carbocycles. The number of carboxylic acid groups (broad SMARTS) is 1. The maximum atomic E-state index is 12.9. The zero-order chi connectivity index (χ0) is 26.6. The average molecular weight is 541 g/mol. The minimum atomic E-state index is -1.27. The van der Waals surface area contributed by atoms with Gasteiger partial charge in [0.2, 0.25) is 11.5 Å². The molecule has 3 amide bonds. The highest BCUT2D eigenvalue weighted by Crippen LogP contribution is 2.40. The number of hydrazine groups is 1. The van der Waals surface area contributed by atoms with Crippen LogP contribution < -0.4 is 22.3 Å². The maximum Gasteiger partial charge on any atom is 0.352 e. The zero-order valence-corrected chi connectivity index (χ0v) is 21.3. The molecule has 2 atom stereocenters. The fraction of sp³-hybridized carbons (Fsp3) is 0.421. The van der Waals surface area contributed by atoms with Crippen LogP contribution in [0.1, 0.15) is 5.82 Å². The van der Waals surface area contributed by atoms with Crippen molar-refractivity contribution in [3.63, 3.8) is 0 Å². The van der Waals surface area contributed by atoms with Crippen molar-refractivity contribution in [1.82, 2.24) is 25.0 Å². The molecule has 36 heavy (non-hydrogen) atoms. The van der Waals surface area contributed by atoms with Gasteiger partial charge in [0.05, 0.1) is 20.6 Å². The summed E-state index contributed by atoms with van der Waals surface area (Å²) in [5.74, 6) is 2.43. The molecule has 0 aliphatic carbocycles. The number of rotatable bonds is 10. The van der Waals surface area contributed by atoms with Crippen molar-refractivity contribution >= 4 is 57.8 Å². The third-order valence-electron chi connectivity index (χ3n) is 5.19. The van der Waals surface area contributed by atoms with Crippen LogP contribution in [-0.4, -0.2) is 105 Å². The Kier molecular flexibility index (Phi) is 8.28. The van der Waals surface area contributed by atoms with Gasteiger partial charge in [0.25, 0.3) is 17.7 Å². The Morgan fingerprint density at radius 3 is 2.69 bits per heavy atom. The van der Waals surface area contributed by atoms with Gasteiger partial charge in [-0.25, -0.2) is 10.6 Å². The van der Waals surface area contributed by atoms with Crippen LogP contribution in [0.2, 0.25) is 0 Å². The van der Waals surface area contributed by atoms with E-state index in [1.54, 1.807) is 12.2 Å². The Bertz CT molecular complexity index is 1160. The van der Waals surface area contributed by atoms with Crippen LogP contribution in [0.3, 0.4) is 0 Å². The van der Waals surface area contributed by atoms with E-state index in [1.165, 1.54) is 18.9 Å². The molecular weight excluding hydrogens is 514 g/mol. The number of allylic oxidation sites excluding steroid dienone is 1. The first-order chi connectivity index (χ1) is 17.0. The van der Waals surface area contributed by atoms with Gasteiger partial charge in [-0.1, -0.05) is 11.2 Å². The molecule has 1 saturated heterocycles. The Labute approximate surface area is 213 Å². The van der Waals surface area contributed by atoms with Crippen LogP contribution in [-0.2, 0) is 24.0 Å². The standard InChI is InChI=1S/C19H25N9O6S2/c1-28(2,7-10(29)24-21)6-4-5-9-8-35-17-12(16(31)27(17)13(9)18(32)33)22-15(30)11(25-34-3)14-23-19(20)36-26-14/h4-5,12,17H,6-8H2,1-3H3,(H6-,20,21,22,23,24,25,26,29,30,32,33)/p+1/b5-4+/t12-,17-/m1/s1. The van der Waals surface area contributed by atoms with Gasteiger partial charge in [-0.3, -0.25) is 24.7 Å². The van der Waals surface area contributed by atoms with Crippen molar-refractivity contribution < 1.29 is 33.6 Å². The number of aromatic nitrogens is 2. The number of hydrogen-bond acceptors (Lipinski definition) is 12. The topological polar surface area (TPSA) is 215 Å². The lowest BCUT2D eigenvalue weighted by Crippen LogP contribution is -2.71. The molecule has 1 aromatic rings. The summed E-state index contributed by atoms with van der Waals surface area (Å²) in [6.07, 6.45) is 3.38. The number of likely N-dealkylation sites (N-methyl/N-ethyl adjacent to an activating group) is 1. The SMILES string of the molecule is CO/N=C(\C(=O)N[C@@H]1C(=O)N2C(C(=O)O)=C(/C=C/C[N+](C)(C)CC(=O)NN)CS[C@H]12)c1nsc(N)n1. The van der Waals surface area contributed by atoms with E-state index in [4.69, 9.17) is 16.4 Å². The van der Waals surface area contributed by atoms with Crippen molar-refractivity contribution in [1.29, 1.82) is 0 Å². The molecule has 3 heterocycles. The minimum absolute atomic E-state index is 0.0550. The van der Waals surface area contributed by atoms with Crippen molar-refractivity contribution in [2.24, 2.45) is 11.0 Å². The van der Waals surface area contributed by atoms with Gasteiger partial charge in [-0.05, 0) is 11.6 Å². The van der Waals surface area contributed by atoms with Crippen molar-refractivity contribution in [3.05, 3.63) is 29.2 Å². The molecule has 1 fully saturated rings. The molecule has 2 aliphatic rings. The summed E-state index contributed by atoms with van der Waals surface area (Å²) in [7, 11) is 4.88. The summed E-state index contributed by atoms with van der Waals surface area (Å²) in [5, 5.41) is 15.5. The second kappa shape index (κ2) is 11.0. The molecule has 0 bridgehead atoms. The molecule has 0 radical (unpaired) electrons. The van der Waals surface area contributed by atoms with E-state index in [0.717, 1.165) is 16.4 Å². The summed E-state index contributed by atoms with van der Waals surface area (Å²) in [6, 6.07) is -0.981. The predicted molar refractivity (Wildman–Crippen MR) is 131 cm³/mol. The van der Waals surface area contributed by atoms with E-state index < -0.39 is 29.2 Å². The molecule has 15 nitrogen and oxygen atoms in total. The molecule has 0 spiro atoms. The lowest BCUT2D eigenvalue weighted by atomic mass is 10.0. The summed E-state index contributed by atoms with van der Waals surface area (Å²) < 4.78 is 4.21. The van der Waals surface area contributed by atoms with Crippen LogP contribution in [0.4, 0.5) is 5.13 Å². The number of β-lactam (4-membered cyclic amide) rings is 1. The molecule has 1 aromatic heterocycles. The van der Waals surface area contributed by atoms with Crippen LogP contribution in [0, 0.1) is 0 Å². The highest BCUT2D eigenvalue weighted by atomic mass is 32.2. The summed E-state index contributed by atoms with van der Waals surface area (Å²) in [5.41, 5.74) is 7.66. The van der Waals surface area contributed by atoms with Gasteiger partial charge < -0.3 is 25.5 Å². The van der Waals surface area contributed by atoms with E-state index in [2.05, 4.69) is 25.3 Å². The third kappa shape index (κ3) is 5.81. The highest BCUT2D eigenvalue weighted by molar-refractivity contribution is 8.00. The highest BCUT2D eigenvalue weighted by Gasteiger charge is 2.54. The molecule has 7 N–H and O–H groups in total. The number of nitrogens with one attached hydrogen (secondary N) is 2. The number of nitrogens with zero attached hydrogens (tertiary/aromatic N) is 5. The van der Waals surface area contributed by atoms with Crippen LogP contribution in [0.5, 0.6) is 0 Å². The normalized spacial score (nSPS) is 20.2. The number of quaternary nitrogens is 1. The quantitative estimate of drug-likeness (QED) is 0.0537. The number of oxime groups is 1. The van der Waals surface area contributed by atoms with Crippen LogP contribution in [0.15, 0.2) is 28.6 Å². The first-order valence-electron chi connectivity index (χ1n) is 10.4. The van der Waals surface area contributed by atoms with Crippen LogP contribution in [0.25, 0.3) is 0 Å². The summed E-state index contributed by atoms with van der Waals surface area (Å²) in [4.78, 5) is 59.0. The van der Waals surface area contributed by atoms with Crippen molar-refractivity contribution in [2.75, 3.05) is 45.8 Å². The van der Waals surface area contributed by atoms with E-state index in [0.29, 0.717) is 17.9 Å². The largest absolute Gasteiger partial charge is 0.477 e. The Morgan fingerprint density at radius 1 is 1.39 bits per heavy atom. The van der Waals surface area contributed by atoms with Crippen molar-refractivity contribution in [3.8, 4) is 0 Å². The lowest BCUT2D eigenvalue weighted by Gasteiger charge is -2.49. The smallest absolute Gasteiger partial charge is 0.352 e. The lowest BCUT2D eigenvalue weighted by molar-refractivity contribution is -0.876. The van der Waals surface area contributed by atoms with Gasteiger partial charge in [0.1, 0.15) is 24.2 Å². The number of aliphatic carboxylic acids is 1. The number of carbonyl (C=O) groups excluding carboxylic acids is 3. The Hall–Kier alpha value is -3.54. The molecule has 0 saturated carbocycles. The van der Waals surface area contributed by atoms with Crippen LogP contribution >= 0.6 is 23.3 Å². The molecule has 194 valence electrons. The number of fused-ring (bicyclic) bond motifs is 1. The molecule has 0 unspecified atom stereocenters. The van der Waals surface area contributed by atoms with E-state index in [1.807, 2.05) is 14.1 Å². The zero-order valence-electron chi connectivity index (χ0n) is 19.6. The average Bonchev–Trinajstić information content (AvgIpc) is 3.25. The monoisotopic (exact) mass is 540 g/mol. The minimum Gasteiger partial charge on any atom is -0.477 e. The molecular formula is C19H26N9O6S2+. The Balaban J connectivity index is 1.74. The number of anilines is 1. The molecule has 3 rings (SSSR count). The number of amides is 3. The fourth-order valence-corrected chi connectivity index (χ4v) is 5.32. The number of carbonyl (C=O) groups is 4. The molecule has 17 heteroatoms. The second-order valence-corrected chi connectivity index (χ2v) is 10.3. The van der Waals surface area contributed by atoms with Gasteiger partial charge in [0.15, 0.2) is 11.7 Å². The maximum absolute atomic E-state index is 12.9.